The van der Waals surface area contributed by atoms with E-state index in [2.05, 4.69) is 27.6 Å². The van der Waals surface area contributed by atoms with Crippen molar-refractivity contribution >= 4 is 29.9 Å². The van der Waals surface area contributed by atoms with Gasteiger partial charge in [0.25, 0.3) is 0 Å². The molecule has 0 radical (unpaired) electrons. The van der Waals surface area contributed by atoms with Crippen molar-refractivity contribution in [1.82, 2.24) is 25.3 Å². The number of hydrogen-bond donors (Lipinski definition) is 2. The molecule has 0 aromatic carbocycles. The first kappa shape index (κ1) is 22.5. The minimum absolute atomic E-state index is 0. The summed E-state index contributed by atoms with van der Waals surface area (Å²) in [5, 5.41) is 11.3. The van der Waals surface area contributed by atoms with Crippen LogP contribution in [0.2, 0.25) is 0 Å². The minimum atomic E-state index is 0. The van der Waals surface area contributed by atoms with E-state index in [-0.39, 0.29) is 24.0 Å². The van der Waals surface area contributed by atoms with E-state index in [0.717, 1.165) is 24.7 Å². The molecule has 0 bridgehead atoms. The molecule has 0 spiro atoms. The first-order chi connectivity index (χ1) is 12.7. The van der Waals surface area contributed by atoms with Crippen LogP contribution in [0.1, 0.15) is 64.0 Å². The van der Waals surface area contributed by atoms with Crippen molar-refractivity contribution < 1.29 is 0 Å². The molecule has 2 aliphatic rings. The van der Waals surface area contributed by atoms with Gasteiger partial charge in [-0.1, -0.05) is 25.7 Å². The largest absolute Gasteiger partial charge is 0.357 e. The van der Waals surface area contributed by atoms with Crippen molar-refractivity contribution in [2.24, 2.45) is 12.0 Å². The molecule has 27 heavy (non-hydrogen) atoms. The molecule has 3 rings (SSSR count). The van der Waals surface area contributed by atoms with Crippen molar-refractivity contribution in [3.05, 3.63) is 18.0 Å². The lowest BCUT2D eigenvalue weighted by molar-refractivity contribution is 0.0368. The number of aryl methyl sites for hydroxylation is 1. The number of halogens is 1. The number of piperidine rings is 1. The van der Waals surface area contributed by atoms with Gasteiger partial charge in [-0.25, -0.2) is 4.99 Å². The minimum Gasteiger partial charge on any atom is -0.357 e. The van der Waals surface area contributed by atoms with Crippen molar-refractivity contribution in [2.75, 3.05) is 26.2 Å². The van der Waals surface area contributed by atoms with E-state index in [9.17, 15) is 0 Å². The van der Waals surface area contributed by atoms with E-state index in [1.54, 1.807) is 0 Å². The van der Waals surface area contributed by atoms with Crippen molar-refractivity contribution in [3.63, 3.8) is 0 Å². The van der Waals surface area contributed by atoms with Gasteiger partial charge in [0.15, 0.2) is 5.96 Å². The molecule has 2 fully saturated rings. The molecule has 2 N–H and O–H groups in total. The third-order valence-electron chi connectivity index (χ3n) is 6.06. The summed E-state index contributed by atoms with van der Waals surface area (Å²) in [6.07, 6.45) is 12.7. The van der Waals surface area contributed by atoms with Crippen LogP contribution in [-0.4, -0.2) is 52.4 Å². The monoisotopic (exact) mass is 488 g/mol. The Morgan fingerprint density at radius 1 is 1.11 bits per heavy atom. The predicted molar refractivity (Wildman–Crippen MR) is 123 cm³/mol. The van der Waals surface area contributed by atoms with E-state index in [0.29, 0.717) is 12.1 Å². The molecule has 1 aromatic heterocycles. The number of nitrogens with zero attached hydrogens (tertiary/aromatic N) is 4. The lowest BCUT2D eigenvalue weighted by atomic mass is 9.79. The molecule has 7 heteroatoms. The van der Waals surface area contributed by atoms with Crippen LogP contribution in [0.15, 0.2) is 17.3 Å². The molecule has 1 aliphatic heterocycles. The molecule has 2 heterocycles. The molecule has 0 unspecified atom stereocenters. The maximum absolute atomic E-state index is 4.79. The van der Waals surface area contributed by atoms with Gasteiger partial charge in [0.1, 0.15) is 0 Å². The highest BCUT2D eigenvalue weighted by Gasteiger charge is 2.38. The lowest BCUT2D eigenvalue weighted by Crippen LogP contribution is -2.59. The predicted octanol–water partition coefficient (Wildman–Crippen LogP) is 3.28. The molecule has 0 amide bonds. The zero-order valence-corrected chi connectivity index (χ0v) is 19.4. The lowest BCUT2D eigenvalue weighted by Gasteiger charge is -2.48. The molecule has 1 aromatic rings. The van der Waals surface area contributed by atoms with E-state index >= 15 is 0 Å². The van der Waals surface area contributed by atoms with Crippen molar-refractivity contribution in [1.29, 1.82) is 0 Å². The summed E-state index contributed by atoms with van der Waals surface area (Å²) in [7, 11) is 1.97. The molecule has 6 nitrogen and oxygen atoms in total. The van der Waals surface area contributed by atoms with Crippen LogP contribution >= 0.6 is 24.0 Å². The molecule has 0 atom stereocenters. The smallest absolute Gasteiger partial charge is 0.191 e. The van der Waals surface area contributed by atoms with Crippen LogP contribution < -0.4 is 10.6 Å². The molecule has 1 aliphatic carbocycles. The van der Waals surface area contributed by atoms with Gasteiger partial charge in [-0.15, -0.1) is 24.0 Å². The molecule has 1 saturated carbocycles. The van der Waals surface area contributed by atoms with Crippen LogP contribution in [0.25, 0.3) is 0 Å². The van der Waals surface area contributed by atoms with Gasteiger partial charge < -0.3 is 10.6 Å². The maximum Gasteiger partial charge on any atom is 0.191 e. The second-order valence-electron chi connectivity index (χ2n) is 7.83. The van der Waals surface area contributed by atoms with Crippen LogP contribution in [0.4, 0.5) is 0 Å². The van der Waals surface area contributed by atoms with Gasteiger partial charge in [-0.2, -0.15) is 5.10 Å². The Balaban J connectivity index is 0.00000261. The average Bonchev–Trinajstić information content (AvgIpc) is 3.10. The van der Waals surface area contributed by atoms with Gasteiger partial charge in [0.05, 0.1) is 12.2 Å². The number of rotatable bonds is 6. The highest BCUT2D eigenvalue weighted by molar-refractivity contribution is 14.0. The summed E-state index contributed by atoms with van der Waals surface area (Å²) >= 11 is 0. The van der Waals surface area contributed by atoms with E-state index in [4.69, 9.17) is 4.99 Å². The molecule has 154 valence electrons. The number of hydrogen-bond acceptors (Lipinski definition) is 3. The highest BCUT2D eigenvalue weighted by atomic mass is 127. The number of likely N-dealkylation sites (tertiary alicyclic amines) is 1. The highest BCUT2D eigenvalue weighted by Crippen LogP contribution is 2.35. The summed E-state index contributed by atoms with van der Waals surface area (Å²) in [6, 6.07) is 2.03. The Labute approximate surface area is 181 Å². The van der Waals surface area contributed by atoms with E-state index in [1.807, 2.05) is 24.0 Å². The molecule has 1 saturated heterocycles. The van der Waals surface area contributed by atoms with Crippen molar-refractivity contribution in [2.45, 2.75) is 70.4 Å². The first-order valence-corrected chi connectivity index (χ1v) is 10.5. The van der Waals surface area contributed by atoms with Crippen LogP contribution in [0, 0.1) is 0 Å². The van der Waals surface area contributed by atoms with Gasteiger partial charge in [0, 0.05) is 31.9 Å². The summed E-state index contributed by atoms with van der Waals surface area (Å²) in [5.74, 6) is 0.927. The zero-order valence-electron chi connectivity index (χ0n) is 17.0. The maximum atomic E-state index is 4.79. The Hall–Kier alpha value is -0.830. The van der Waals surface area contributed by atoms with Crippen LogP contribution in [0.3, 0.4) is 0 Å². The fourth-order valence-electron chi connectivity index (χ4n) is 4.49. The Morgan fingerprint density at radius 2 is 1.81 bits per heavy atom. The van der Waals surface area contributed by atoms with Gasteiger partial charge in [0.2, 0.25) is 0 Å². The van der Waals surface area contributed by atoms with Gasteiger partial charge >= 0.3 is 0 Å². The number of nitrogens with one attached hydrogen (secondary N) is 2. The average molecular weight is 488 g/mol. The zero-order chi connectivity index (χ0) is 18.2. The van der Waals surface area contributed by atoms with E-state index in [1.165, 1.54) is 64.5 Å². The Morgan fingerprint density at radius 3 is 2.44 bits per heavy atom. The Kier molecular flexibility index (Phi) is 9.35. The summed E-state index contributed by atoms with van der Waals surface area (Å²) in [4.78, 5) is 7.58. The molecular weight excluding hydrogens is 451 g/mol. The fraction of sp³-hybridized carbons (Fsp3) is 0.800. The van der Waals surface area contributed by atoms with Crippen LogP contribution in [-0.2, 0) is 13.6 Å². The summed E-state index contributed by atoms with van der Waals surface area (Å²) in [6.45, 7) is 7.21. The first-order valence-electron chi connectivity index (χ1n) is 10.5. The second kappa shape index (κ2) is 11.2. The standard InChI is InChI=1S/C20H36N6.HI/c1-3-21-19(22-16-18-10-13-24-25(18)2)23-17-20(11-6-4-7-12-20)26-14-8-5-9-15-26;/h10,13H,3-9,11-12,14-17H2,1-2H3,(H2,21,22,23);1H. The summed E-state index contributed by atoms with van der Waals surface area (Å²) in [5.41, 5.74) is 1.45. The number of guanidine groups is 1. The third kappa shape index (κ3) is 6.07. The second-order valence-corrected chi connectivity index (χ2v) is 7.83. The SMILES string of the molecule is CCNC(=NCc1ccnn1C)NCC1(N2CCCCC2)CCCCC1.I. The van der Waals surface area contributed by atoms with Crippen LogP contribution in [0.5, 0.6) is 0 Å². The van der Waals surface area contributed by atoms with Gasteiger partial charge in [-0.3, -0.25) is 9.58 Å². The van der Waals surface area contributed by atoms with Gasteiger partial charge in [-0.05, 0) is 51.8 Å². The van der Waals surface area contributed by atoms with E-state index < -0.39 is 0 Å². The number of aliphatic imine (C=N–C) groups is 1. The normalized spacial score (nSPS) is 20.7. The topological polar surface area (TPSA) is 57.5 Å². The quantitative estimate of drug-likeness (QED) is 0.367. The fourth-order valence-corrected chi connectivity index (χ4v) is 4.49. The third-order valence-corrected chi connectivity index (χ3v) is 6.06. The number of aromatic nitrogens is 2. The summed E-state index contributed by atoms with van der Waals surface area (Å²) < 4.78 is 1.89. The Bertz CT molecular complexity index is 573. The van der Waals surface area contributed by atoms with Crippen molar-refractivity contribution in [3.8, 4) is 0 Å². The molecular formula is C20H37IN6.